The summed E-state index contributed by atoms with van der Waals surface area (Å²) >= 11 is 0. The second-order valence-electron chi connectivity index (χ2n) is 3.61. The maximum absolute atomic E-state index is 12.9. The third-order valence-corrected chi connectivity index (χ3v) is 2.51. The van der Waals surface area contributed by atoms with Gasteiger partial charge in [-0.05, 0) is 14.0 Å². The first-order chi connectivity index (χ1) is 5.08. The maximum Gasteiger partial charge on any atom is 0.115 e. The fraction of sp³-hybridized carbons (Fsp3) is 1.00. The highest BCUT2D eigenvalue weighted by atomic mass is 19.1. The van der Waals surface area contributed by atoms with E-state index < -0.39 is 6.17 Å². The van der Waals surface area contributed by atoms with Crippen LogP contribution in [0.3, 0.4) is 0 Å². The molecule has 0 aromatic rings. The van der Waals surface area contributed by atoms with Gasteiger partial charge in [-0.25, -0.2) is 4.39 Å². The van der Waals surface area contributed by atoms with E-state index in [0.717, 1.165) is 0 Å². The molecule has 66 valence electrons. The van der Waals surface area contributed by atoms with Gasteiger partial charge in [0.15, 0.2) is 0 Å². The molecule has 0 aromatic heterocycles. The van der Waals surface area contributed by atoms with Gasteiger partial charge in [-0.2, -0.15) is 0 Å². The van der Waals surface area contributed by atoms with E-state index in [1.807, 2.05) is 18.9 Å². The zero-order valence-electron chi connectivity index (χ0n) is 7.43. The minimum Gasteiger partial charge on any atom is -0.383 e. The van der Waals surface area contributed by atoms with Crippen LogP contribution in [0.1, 0.15) is 13.3 Å². The van der Waals surface area contributed by atoms with Crippen molar-refractivity contribution in [2.75, 3.05) is 27.3 Å². The molecule has 1 saturated heterocycles. The smallest absolute Gasteiger partial charge is 0.115 e. The average Bonchev–Trinajstić information content (AvgIpc) is 2.08. The van der Waals surface area contributed by atoms with Crippen LogP contribution < -0.4 is 0 Å². The largest absolute Gasteiger partial charge is 0.383 e. The summed E-state index contributed by atoms with van der Waals surface area (Å²) in [6, 6.07) is 0. The summed E-state index contributed by atoms with van der Waals surface area (Å²) in [5.74, 6) is 0. The number of hydrogen-bond acceptors (Lipinski definition) is 2. The molecule has 0 saturated carbocycles. The molecule has 1 aliphatic heterocycles. The van der Waals surface area contributed by atoms with Crippen molar-refractivity contribution in [2.24, 2.45) is 0 Å². The average molecular weight is 161 g/mol. The van der Waals surface area contributed by atoms with Gasteiger partial charge in [-0.1, -0.05) is 0 Å². The standard InChI is InChI=1S/C8H16FNO/c1-8(6-11-3)4-7(9)5-10(8)2/h7H,4-6H2,1-3H3. The predicted octanol–water partition coefficient (Wildman–Crippen LogP) is 1.07. The maximum atomic E-state index is 12.9. The molecular weight excluding hydrogens is 145 g/mol. The molecule has 0 aliphatic carbocycles. The zero-order chi connectivity index (χ0) is 8.48. The topological polar surface area (TPSA) is 12.5 Å². The first-order valence-electron chi connectivity index (χ1n) is 3.93. The molecule has 0 N–H and O–H groups in total. The SMILES string of the molecule is COCC1(C)CC(F)CN1C. The summed E-state index contributed by atoms with van der Waals surface area (Å²) in [6.07, 6.45) is -0.0858. The third kappa shape index (κ3) is 1.71. The van der Waals surface area contributed by atoms with Gasteiger partial charge in [-0.15, -0.1) is 0 Å². The minimum absolute atomic E-state index is 0.0891. The van der Waals surface area contributed by atoms with Gasteiger partial charge in [0.1, 0.15) is 6.17 Å². The van der Waals surface area contributed by atoms with Crippen LogP contribution in [0.5, 0.6) is 0 Å². The van der Waals surface area contributed by atoms with Crippen LogP contribution in [-0.4, -0.2) is 43.9 Å². The molecule has 1 heterocycles. The van der Waals surface area contributed by atoms with Crippen molar-refractivity contribution >= 4 is 0 Å². The van der Waals surface area contributed by atoms with Crippen LogP contribution in [-0.2, 0) is 4.74 Å². The van der Waals surface area contributed by atoms with Gasteiger partial charge < -0.3 is 4.74 Å². The van der Waals surface area contributed by atoms with Crippen LogP contribution >= 0.6 is 0 Å². The zero-order valence-corrected chi connectivity index (χ0v) is 7.43. The molecule has 11 heavy (non-hydrogen) atoms. The highest BCUT2D eigenvalue weighted by Gasteiger charge is 2.39. The van der Waals surface area contributed by atoms with Crippen molar-refractivity contribution in [3.8, 4) is 0 Å². The van der Waals surface area contributed by atoms with Crippen molar-refractivity contribution in [3.63, 3.8) is 0 Å². The molecule has 1 fully saturated rings. The first-order valence-corrected chi connectivity index (χ1v) is 3.93. The molecule has 0 aromatic carbocycles. The van der Waals surface area contributed by atoms with Gasteiger partial charge in [0.2, 0.25) is 0 Å². The fourth-order valence-corrected chi connectivity index (χ4v) is 1.70. The lowest BCUT2D eigenvalue weighted by Gasteiger charge is -2.30. The summed E-state index contributed by atoms with van der Waals surface area (Å²) in [7, 11) is 3.60. The molecule has 2 unspecified atom stereocenters. The Bertz CT molecular complexity index is 142. The van der Waals surface area contributed by atoms with Crippen molar-refractivity contribution < 1.29 is 9.13 Å². The fourth-order valence-electron chi connectivity index (χ4n) is 1.70. The monoisotopic (exact) mass is 161 g/mol. The second-order valence-corrected chi connectivity index (χ2v) is 3.61. The first kappa shape index (κ1) is 8.94. The molecule has 2 atom stereocenters. The van der Waals surface area contributed by atoms with Crippen molar-refractivity contribution in [1.82, 2.24) is 4.90 Å². The van der Waals surface area contributed by atoms with Crippen LogP contribution in [0.2, 0.25) is 0 Å². The number of rotatable bonds is 2. The van der Waals surface area contributed by atoms with Crippen LogP contribution in [0.25, 0.3) is 0 Å². The minimum atomic E-state index is -0.680. The number of halogens is 1. The van der Waals surface area contributed by atoms with Gasteiger partial charge in [0.05, 0.1) is 6.61 Å². The Labute approximate surface area is 67.3 Å². The Morgan fingerprint density at radius 2 is 2.36 bits per heavy atom. The van der Waals surface area contributed by atoms with Gasteiger partial charge in [-0.3, -0.25) is 4.90 Å². The highest BCUT2D eigenvalue weighted by Crippen LogP contribution is 2.29. The molecule has 1 rings (SSSR count). The summed E-state index contributed by atoms with van der Waals surface area (Å²) < 4.78 is 17.9. The summed E-state index contributed by atoms with van der Waals surface area (Å²) in [5.41, 5.74) is -0.0891. The van der Waals surface area contributed by atoms with Gasteiger partial charge in [0, 0.05) is 25.6 Å². The van der Waals surface area contributed by atoms with E-state index in [-0.39, 0.29) is 5.54 Å². The number of alkyl halides is 1. The van der Waals surface area contributed by atoms with Crippen molar-refractivity contribution in [1.29, 1.82) is 0 Å². The van der Waals surface area contributed by atoms with Crippen molar-refractivity contribution in [3.05, 3.63) is 0 Å². The molecular formula is C8H16FNO. The van der Waals surface area contributed by atoms with E-state index in [9.17, 15) is 4.39 Å². The lowest BCUT2D eigenvalue weighted by atomic mass is 10.0. The van der Waals surface area contributed by atoms with Gasteiger partial charge >= 0.3 is 0 Å². The highest BCUT2D eigenvalue weighted by molar-refractivity contribution is 4.94. The Hall–Kier alpha value is -0.150. The molecule has 0 bridgehead atoms. The number of likely N-dealkylation sites (tertiary alicyclic amines) is 1. The lowest BCUT2D eigenvalue weighted by molar-refractivity contribution is 0.0656. The number of methoxy groups -OCH3 is 1. The molecule has 3 heteroatoms. The van der Waals surface area contributed by atoms with E-state index in [0.29, 0.717) is 19.6 Å². The summed E-state index contributed by atoms with van der Waals surface area (Å²) in [5, 5.41) is 0. The number of nitrogens with zero attached hydrogens (tertiary/aromatic N) is 1. The quantitative estimate of drug-likeness (QED) is 0.600. The number of ether oxygens (including phenoxy) is 1. The van der Waals surface area contributed by atoms with Crippen LogP contribution in [0.4, 0.5) is 4.39 Å². The van der Waals surface area contributed by atoms with E-state index in [1.165, 1.54) is 0 Å². The molecule has 0 amide bonds. The van der Waals surface area contributed by atoms with E-state index in [4.69, 9.17) is 4.74 Å². The molecule has 2 nitrogen and oxygen atoms in total. The lowest BCUT2D eigenvalue weighted by Crippen LogP contribution is -2.42. The predicted molar refractivity (Wildman–Crippen MR) is 42.4 cm³/mol. The molecule has 0 spiro atoms. The molecule has 0 radical (unpaired) electrons. The number of hydrogen-bond donors (Lipinski definition) is 0. The van der Waals surface area contributed by atoms with E-state index in [2.05, 4.69) is 0 Å². The Morgan fingerprint density at radius 1 is 1.73 bits per heavy atom. The van der Waals surface area contributed by atoms with E-state index in [1.54, 1.807) is 7.11 Å². The summed E-state index contributed by atoms with van der Waals surface area (Å²) in [6.45, 7) is 3.19. The third-order valence-electron chi connectivity index (χ3n) is 2.51. The number of likely N-dealkylation sites (N-methyl/N-ethyl adjacent to an activating group) is 1. The normalized spacial score (nSPS) is 39.8. The van der Waals surface area contributed by atoms with Crippen LogP contribution in [0, 0.1) is 0 Å². The second kappa shape index (κ2) is 3.07. The van der Waals surface area contributed by atoms with Crippen molar-refractivity contribution in [2.45, 2.75) is 25.1 Å². The van der Waals surface area contributed by atoms with Gasteiger partial charge in [0.25, 0.3) is 0 Å². The summed E-state index contributed by atoms with van der Waals surface area (Å²) in [4.78, 5) is 2.03. The Balaban J connectivity index is 2.55. The van der Waals surface area contributed by atoms with E-state index >= 15 is 0 Å². The Morgan fingerprint density at radius 3 is 2.73 bits per heavy atom. The Kier molecular flexibility index (Phi) is 2.50. The molecule has 1 aliphatic rings. The van der Waals surface area contributed by atoms with Crippen LogP contribution in [0.15, 0.2) is 0 Å².